The van der Waals surface area contributed by atoms with E-state index < -0.39 is 6.04 Å². The fourth-order valence-corrected chi connectivity index (χ4v) is 1.95. The number of benzene rings is 1. The van der Waals surface area contributed by atoms with Crippen LogP contribution in [0.1, 0.15) is 18.5 Å². The first kappa shape index (κ1) is 11.1. The fraction of sp³-hybridized carbons (Fsp3) is 0.417. The molecule has 1 aromatic rings. The number of hydrogen-bond acceptors (Lipinski definition) is 3. The van der Waals surface area contributed by atoms with Crippen molar-refractivity contribution in [3.63, 3.8) is 0 Å². The molecular weight excluding hydrogens is 204 g/mol. The van der Waals surface area contributed by atoms with E-state index in [1.54, 1.807) is 4.90 Å². The number of carbonyl (C=O) groups excluding carboxylic acids is 1. The Hall–Kier alpha value is -1.39. The molecule has 2 rings (SSSR count). The highest BCUT2D eigenvalue weighted by Crippen LogP contribution is 2.33. The molecule has 1 aliphatic rings. The summed E-state index contributed by atoms with van der Waals surface area (Å²) in [5.74, 6) is -0.0408. The van der Waals surface area contributed by atoms with Crippen molar-refractivity contribution in [1.82, 2.24) is 0 Å². The summed E-state index contributed by atoms with van der Waals surface area (Å²) in [6, 6.07) is 7.12. The standard InChI is InChI=1S/C12H16N2O2/c1-2-16-8-7-14-10-6-4-3-5-9(10)11(13)12(14)15/h3-6,11H,2,7-8,13H2,1H3. The molecule has 1 aliphatic heterocycles. The van der Waals surface area contributed by atoms with Crippen LogP contribution < -0.4 is 10.6 Å². The van der Waals surface area contributed by atoms with Gasteiger partial charge in [0.2, 0.25) is 5.91 Å². The molecular formula is C12H16N2O2. The predicted octanol–water partition coefficient (Wildman–Crippen LogP) is 1.07. The number of hydrogen-bond donors (Lipinski definition) is 1. The van der Waals surface area contributed by atoms with E-state index in [1.807, 2.05) is 31.2 Å². The number of rotatable bonds is 4. The van der Waals surface area contributed by atoms with Gasteiger partial charge in [-0.2, -0.15) is 0 Å². The van der Waals surface area contributed by atoms with Gasteiger partial charge in [0.15, 0.2) is 0 Å². The highest BCUT2D eigenvalue weighted by molar-refractivity contribution is 6.04. The van der Waals surface area contributed by atoms with E-state index in [0.29, 0.717) is 19.8 Å². The maximum absolute atomic E-state index is 11.9. The van der Waals surface area contributed by atoms with Gasteiger partial charge in [-0.05, 0) is 13.0 Å². The first-order chi connectivity index (χ1) is 7.75. The molecule has 0 radical (unpaired) electrons. The molecule has 0 saturated heterocycles. The molecule has 0 aliphatic carbocycles. The summed E-state index contributed by atoms with van der Waals surface area (Å²) < 4.78 is 5.26. The Labute approximate surface area is 95.0 Å². The molecule has 0 saturated carbocycles. The first-order valence-electron chi connectivity index (χ1n) is 5.49. The van der Waals surface area contributed by atoms with Crippen LogP contribution in [-0.2, 0) is 9.53 Å². The largest absolute Gasteiger partial charge is 0.380 e. The van der Waals surface area contributed by atoms with Gasteiger partial charge in [-0.1, -0.05) is 18.2 Å². The Kier molecular flexibility index (Phi) is 3.22. The van der Waals surface area contributed by atoms with Gasteiger partial charge >= 0.3 is 0 Å². The second-order valence-electron chi connectivity index (χ2n) is 3.72. The van der Waals surface area contributed by atoms with Gasteiger partial charge in [0, 0.05) is 24.4 Å². The van der Waals surface area contributed by atoms with Crippen molar-refractivity contribution in [2.45, 2.75) is 13.0 Å². The third-order valence-corrected chi connectivity index (χ3v) is 2.76. The van der Waals surface area contributed by atoms with E-state index in [1.165, 1.54) is 0 Å². The molecule has 0 bridgehead atoms. The van der Waals surface area contributed by atoms with E-state index in [-0.39, 0.29) is 5.91 Å². The summed E-state index contributed by atoms with van der Waals surface area (Å²) >= 11 is 0. The van der Waals surface area contributed by atoms with E-state index >= 15 is 0 Å². The van der Waals surface area contributed by atoms with Crippen molar-refractivity contribution < 1.29 is 9.53 Å². The van der Waals surface area contributed by atoms with Crippen molar-refractivity contribution in [3.05, 3.63) is 29.8 Å². The molecule has 1 heterocycles. The summed E-state index contributed by atoms with van der Waals surface area (Å²) in [7, 11) is 0. The maximum atomic E-state index is 11.9. The third kappa shape index (κ3) is 1.81. The molecule has 1 atom stereocenters. The van der Waals surface area contributed by atoms with E-state index in [2.05, 4.69) is 0 Å². The lowest BCUT2D eigenvalue weighted by molar-refractivity contribution is -0.119. The topological polar surface area (TPSA) is 55.6 Å². The monoisotopic (exact) mass is 220 g/mol. The quantitative estimate of drug-likeness (QED) is 0.772. The Bertz CT molecular complexity index is 392. The van der Waals surface area contributed by atoms with Gasteiger partial charge in [0.05, 0.1) is 6.61 Å². The van der Waals surface area contributed by atoms with Gasteiger partial charge in [-0.3, -0.25) is 4.79 Å². The van der Waals surface area contributed by atoms with Crippen LogP contribution >= 0.6 is 0 Å². The Morgan fingerprint density at radius 2 is 2.19 bits per heavy atom. The van der Waals surface area contributed by atoms with Crippen molar-refractivity contribution in [1.29, 1.82) is 0 Å². The van der Waals surface area contributed by atoms with Gasteiger partial charge in [0.25, 0.3) is 0 Å². The molecule has 1 unspecified atom stereocenters. The normalized spacial score (nSPS) is 19.0. The second kappa shape index (κ2) is 4.63. The smallest absolute Gasteiger partial charge is 0.248 e. The Balaban J connectivity index is 2.17. The lowest BCUT2D eigenvalue weighted by Crippen LogP contribution is -2.34. The number of anilines is 1. The fourth-order valence-electron chi connectivity index (χ4n) is 1.95. The van der Waals surface area contributed by atoms with Crippen LogP contribution in [0.15, 0.2) is 24.3 Å². The number of para-hydroxylation sites is 1. The molecule has 0 fully saturated rings. The van der Waals surface area contributed by atoms with Crippen LogP contribution in [0, 0.1) is 0 Å². The number of fused-ring (bicyclic) bond motifs is 1. The average molecular weight is 220 g/mol. The summed E-state index contributed by atoms with van der Waals surface area (Å²) in [6.07, 6.45) is 0. The van der Waals surface area contributed by atoms with Crippen LogP contribution in [0.5, 0.6) is 0 Å². The van der Waals surface area contributed by atoms with Gasteiger partial charge in [-0.15, -0.1) is 0 Å². The molecule has 86 valence electrons. The lowest BCUT2D eigenvalue weighted by atomic mass is 10.1. The minimum atomic E-state index is -0.516. The summed E-state index contributed by atoms with van der Waals surface area (Å²) in [4.78, 5) is 13.6. The number of carbonyl (C=O) groups is 1. The van der Waals surface area contributed by atoms with Crippen molar-refractivity contribution in [2.75, 3.05) is 24.7 Å². The minimum Gasteiger partial charge on any atom is -0.380 e. The minimum absolute atomic E-state index is 0.0408. The highest BCUT2D eigenvalue weighted by Gasteiger charge is 2.33. The van der Waals surface area contributed by atoms with Crippen LogP contribution in [0.4, 0.5) is 5.69 Å². The third-order valence-electron chi connectivity index (χ3n) is 2.76. The molecule has 16 heavy (non-hydrogen) atoms. The van der Waals surface area contributed by atoms with E-state index in [0.717, 1.165) is 11.3 Å². The molecule has 2 N–H and O–H groups in total. The van der Waals surface area contributed by atoms with E-state index in [4.69, 9.17) is 10.5 Å². The average Bonchev–Trinajstić information content (AvgIpc) is 2.55. The van der Waals surface area contributed by atoms with Crippen molar-refractivity contribution in [2.24, 2.45) is 5.73 Å². The maximum Gasteiger partial charge on any atom is 0.248 e. The van der Waals surface area contributed by atoms with Crippen LogP contribution in [-0.4, -0.2) is 25.7 Å². The first-order valence-corrected chi connectivity index (χ1v) is 5.49. The molecule has 1 aromatic carbocycles. The van der Waals surface area contributed by atoms with Crippen molar-refractivity contribution >= 4 is 11.6 Å². The summed E-state index contributed by atoms with van der Waals surface area (Å²) in [5, 5.41) is 0. The van der Waals surface area contributed by atoms with Crippen LogP contribution in [0.25, 0.3) is 0 Å². The number of ether oxygens (including phenoxy) is 1. The number of nitrogens with zero attached hydrogens (tertiary/aromatic N) is 1. The molecule has 0 aromatic heterocycles. The number of amides is 1. The molecule has 0 spiro atoms. The lowest BCUT2D eigenvalue weighted by Gasteiger charge is -2.17. The van der Waals surface area contributed by atoms with E-state index in [9.17, 15) is 4.79 Å². The zero-order valence-corrected chi connectivity index (χ0v) is 9.35. The second-order valence-corrected chi connectivity index (χ2v) is 3.72. The molecule has 4 heteroatoms. The van der Waals surface area contributed by atoms with Gasteiger partial charge in [0.1, 0.15) is 6.04 Å². The highest BCUT2D eigenvalue weighted by atomic mass is 16.5. The Morgan fingerprint density at radius 1 is 1.44 bits per heavy atom. The van der Waals surface area contributed by atoms with Crippen LogP contribution in [0.2, 0.25) is 0 Å². The summed E-state index contributed by atoms with van der Waals surface area (Å²) in [5.41, 5.74) is 7.68. The molecule has 1 amide bonds. The van der Waals surface area contributed by atoms with Gasteiger partial charge < -0.3 is 15.4 Å². The SMILES string of the molecule is CCOCCN1C(=O)C(N)c2ccccc21. The summed E-state index contributed by atoms with van der Waals surface area (Å²) in [6.45, 7) is 3.71. The predicted molar refractivity (Wildman–Crippen MR) is 62.2 cm³/mol. The van der Waals surface area contributed by atoms with Crippen molar-refractivity contribution in [3.8, 4) is 0 Å². The van der Waals surface area contributed by atoms with Crippen LogP contribution in [0.3, 0.4) is 0 Å². The molecule has 4 nitrogen and oxygen atoms in total. The van der Waals surface area contributed by atoms with Gasteiger partial charge in [-0.25, -0.2) is 0 Å². The zero-order valence-electron chi connectivity index (χ0n) is 9.35. The zero-order chi connectivity index (χ0) is 11.5. The number of nitrogens with two attached hydrogens (primary N) is 1. The Morgan fingerprint density at radius 3 is 2.94 bits per heavy atom.